The zero-order valence-electron chi connectivity index (χ0n) is 16.6. The Labute approximate surface area is 168 Å². The van der Waals surface area contributed by atoms with Crippen LogP contribution in [0.1, 0.15) is 30.0 Å². The molecule has 1 aromatic heterocycles. The summed E-state index contributed by atoms with van der Waals surface area (Å²) in [6.45, 7) is 3.92. The molecular weight excluding hydrogens is 397 g/mol. The molecule has 0 radical (unpaired) electrons. The van der Waals surface area contributed by atoms with Gasteiger partial charge in [-0.1, -0.05) is 0 Å². The average molecular weight is 419 g/mol. The smallest absolute Gasteiger partial charge is 0.242 e. The van der Waals surface area contributed by atoms with Crippen molar-refractivity contribution in [3.8, 4) is 5.75 Å². The number of ether oxygens (including phenoxy) is 1. The van der Waals surface area contributed by atoms with Gasteiger partial charge in [0, 0.05) is 20.6 Å². The van der Waals surface area contributed by atoms with Gasteiger partial charge < -0.3 is 9.30 Å². The first-order chi connectivity index (χ1) is 13.6. The molecule has 0 unspecified atom stereocenters. The molecule has 0 saturated heterocycles. The molecule has 29 heavy (non-hydrogen) atoms. The highest BCUT2D eigenvalue weighted by molar-refractivity contribution is 7.89. The summed E-state index contributed by atoms with van der Waals surface area (Å²) in [6.07, 6.45) is 0. The third-order valence-electron chi connectivity index (χ3n) is 4.57. The average Bonchev–Trinajstić information content (AvgIpc) is 3.03. The minimum atomic E-state index is -3.57. The van der Waals surface area contributed by atoms with Crippen molar-refractivity contribution in [1.29, 1.82) is 0 Å². The van der Waals surface area contributed by atoms with Crippen molar-refractivity contribution in [3.05, 3.63) is 53.6 Å². The van der Waals surface area contributed by atoms with Crippen LogP contribution in [0.15, 0.2) is 41.3 Å². The highest BCUT2D eigenvalue weighted by Crippen LogP contribution is 2.25. The summed E-state index contributed by atoms with van der Waals surface area (Å²) in [6, 6.07) is 8.56. The number of carbonyl (C=O) groups is 1. The number of hydrogen-bond acceptors (Lipinski definition) is 5. The summed E-state index contributed by atoms with van der Waals surface area (Å²) in [4.78, 5) is 16.4. The van der Waals surface area contributed by atoms with E-state index in [9.17, 15) is 17.6 Å². The van der Waals surface area contributed by atoms with E-state index in [4.69, 9.17) is 4.74 Å². The molecule has 2 aromatic carbocycles. The first-order valence-corrected chi connectivity index (χ1v) is 10.4. The fraction of sp³-hybridized carbons (Fsp3) is 0.300. The van der Waals surface area contributed by atoms with Gasteiger partial charge in [0.1, 0.15) is 24.0 Å². The lowest BCUT2D eigenvalue weighted by Gasteiger charge is -2.11. The largest absolute Gasteiger partial charge is 0.485 e. The van der Waals surface area contributed by atoms with E-state index in [1.54, 1.807) is 12.1 Å². The van der Waals surface area contributed by atoms with Crippen molar-refractivity contribution in [3.63, 3.8) is 0 Å². The number of aryl methyl sites for hydroxylation is 1. The Morgan fingerprint density at radius 3 is 2.55 bits per heavy atom. The number of rotatable bonds is 7. The number of carbonyl (C=O) groups excluding carboxylic acids is 1. The van der Waals surface area contributed by atoms with E-state index in [0.29, 0.717) is 17.9 Å². The number of imidazole rings is 1. The Hall–Kier alpha value is -2.78. The molecule has 3 rings (SSSR count). The Morgan fingerprint density at radius 1 is 1.21 bits per heavy atom. The number of hydrogen-bond donors (Lipinski definition) is 0. The van der Waals surface area contributed by atoms with Gasteiger partial charge in [0.2, 0.25) is 10.0 Å². The van der Waals surface area contributed by atoms with Crippen molar-refractivity contribution in [2.75, 3.05) is 14.1 Å². The van der Waals surface area contributed by atoms with Crippen molar-refractivity contribution in [2.24, 2.45) is 0 Å². The lowest BCUT2D eigenvalue weighted by atomic mass is 10.1. The molecule has 0 bridgehead atoms. The zero-order chi connectivity index (χ0) is 21.3. The molecule has 0 aliphatic carbocycles. The van der Waals surface area contributed by atoms with E-state index >= 15 is 0 Å². The quantitative estimate of drug-likeness (QED) is 0.549. The number of ketones is 1. The number of halogens is 1. The van der Waals surface area contributed by atoms with Crippen molar-refractivity contribution < 1.29 is 22.3 Å². The molecule has 9 heteroatoms. The Bertz CT molecular complexity index is 1190. The van der Waals surface area contributed by atoms with Crippen LogP contribution in [-0.4, -0.2) is 42.2 Å². The summed E-state index contributed by atoms with van der Waals surface area (Å²) < 4.78 is 47.0. The van der Waals surface area contributed by atoms with Crippen molar-refractivity contribution in [2.45, 2.75) is 31.9 Å². The molecule has 154 valence electrons. The van der Waals surface area contributed by atoms with E-state index in [1.165, 1.54) is 39.2 Å². The minimum Gasteiger partial charge on any atom is -0.485 e. The van der Waals surface area contributed by atoms with Gasteiger partial charge in [-0.05, 0) is 50.2 Å². The standard InChI is InChI=1S/C20H22FN3O4S/c1-5-24-18-8-7-15(29(26,27)23(3)4)11-17(18)22-20(24)12-28-19-9-6-14(21)10-16(19)13(2)25/h6-11H,5,12H2,1-4H3. The van der Waals surface area contributed by atoms with Crippen LogP contribution in [0.25, 0.3) is 11.0 Å². The molecule has 3 aromatic rings. The number of fused-ring (bicyclic) bond motifs is 1. The fourth-order valence-corrected chi connectivity index (χ4v) is 3.96. The number of sulfonamides is 1. The zero-order valence-corrected chi connectivity index (χ0v) is 17.5. The molecule has 0 spiro atoms. The molecule has 0 amide bonds. The minimum absolute atomic E-state index is 0.0458. The van der Waals surface area contributed by atoms with Gasteiger partial charge in [0.15, 0.2) is 5.78 Å². The highest BCUT2D eigenvalue weighted by atomic mass is 32.2. The first-order valence-electron chi connectivity index (χ1n) is 9.00. The van der Waals surface area contributed by atoms with Gasteiger partial charge in [0.05, 0.1) is 21.5 Å². The maximum Gasteiger partial charge on any atom is 0.242 e. The molecular formula is C20H22FN3O4S. The molecule has 0 fully saturated rings. The summed E-state index contributed by atoms with van der Waals surface area (Å²) in [7, 11) is -0.631. The maximum absolute atomic E-state index is 13.4. The van der Waals surface area contributed by atoms with Gasteiger partial charge in [-0.25, -0.2) is 22.1 Å². The second kappa shape index (κ2) is 7.92. The van der Waals surface area contributed by atoms with Gasteiger partial charge in [-0.2, -0.15) is 0 Å². The topological polar surface area (TPSA) is 81.5 Å². The van der Waals surface area contributed by atoms with Gasteiger partial charge in [-0.3, -0.25) is 4.79 Å². The lowest BCUT2D eigenvalue weighted by Crippen LogP contribution is -2.22. The second-order valence-corrected chi connectivity index (χ2v) is 8.85. The number of benzene rings is 2. The SMILES string of the molecule is CCn1c(COc2ccc(F)cc2C(C)=O)nc2cc(S(=O)(=O)N(C)C)ccc21. The van der Waals surface area contributed by atoms with Crippen LogP contribution in [0, 0.1) is 5.82 Å². The Balaban J connectivity index is 1.97. The van der Waals surface area contributed by atoms with Gasteiger partial charge in [0.25, 0.3) is 0 Å². The summed E-state index contributed by atoms with van der Waals surface area (Å²) >= 11 is 0. The molecule has 0 aliphatic heterocycles. The van der Waals surface area contributed by atoms with Crippen LogP contribution in [0.4, 0.5) is 4.39 Å². The van der Waals surface area contributed by atoms with Gasteiger partial charge >= 0.3 is 0 Å². The van der Waals surface area contributed by atoms with E-state index in [1.807, 2.05) is 11.5 Å². The predicted molar refractivity (Wildman–Crippen MR) is 107 cm³/mol. The molecule has 0 aliphatic rings. The second-order valence-electron chi connectivity index (χ2n) is 6.70. The highest BCUT2D eigenvalue weighted by Gasteiger charge is 2.20. The van der Waals surface area contributed by atoms with Crippen LogP contribution >= 0.6 is 0 Å². The fourth-order valence-electron chi connectivity index (χ4n) is 3.04. The van der Waals surface area contributed by atoms with E-state index in [2.05, 4.69) is 4.98 Å². The van der Waals surface area contributed by atoms with Crippen molar-refractivity contribution >= 4 is 26.8 Å². The van der Waals surface area contributed by atoms with Crippen LogP contribution in [0.5, 0.6) is 5.75 Å². The third-order valence-corrected chi connectivity index (χ3v) is 6.38. The predicted octanol–water partition coefficient (Wildman–Crippen LogP) is 3.23. The molecule has 7 nitrogen and oxygen atoms in total. The molecule has 0 saturated carbocycles. The summed E-state index contributed by atoms with van der Waals surface area (Å²) in [5.41, 5.74) is 1.46. The van der Waals surface area contributed by atoms with Crippen LogP contribution in [0.3, 0.4) is 0 Å². The third kappa shape index (κ3) is 4.01. The lowest BCUT2D eigenvalue weighted by molar-refractivity contribution is 0.101. The van der Waals surface area contributed by atoms with Crippen LogP contribution in [0.2, 0.25) is 0 Å². The Morgan fingerprint density at radius 2 is 1.93 bits per heavy atom. The van der Waals surface area contributed by atoms with Gasteiger partial charge in [-0.15, -0.1) is 0 Å². The van der Waals surface area contributed by atoms with E-state index in [-0.39, 0.29) is 28.6 Å². The van der Waals surface area contributed by atoms with Crippen LogP contribution < -0.4 is 4.74 Å². The monoisotopic (exact) mass is 419 g/mol. The van der Waals surface area contributed by atoms with E-state index in [0.717, 1.165) is 15.9 Å². The molecule has 1 heterocycles. The summed E-state index contributed by atoms with van der Waals surface area (Å²) in [5.74, 6) is 0.0187. The normalized spacial score (nSPS) is 11.9. The number of nitrogens with zero attached hydrogens (tertiary/aromatic N) is 3. The van der Waals surface area contributed by atoms with E-state index < -0.39 is 15.8 Å². The Kier molecular flexibility index (Phi) is 5.72. The van der Waals surface area contributed by atoms with Crippen molar-refractivity contribution in [1.82, 2.24) is 13.9 Å². The first kappa shape index (κ1) is 20.9. The number of aromatic nitrogens is 2. The molecule has 0 N–H and O–H groups in total. The van der Waals surface area contributed by atoms with Crippen LogP contribution in [-0.2, 0) is 23.2 Å². The number of Topliss-reactive ketones (excluding diaryl/α,β-unsaturated/α-hetero) is 1. The summed E-state index contributed by atoms with van der Waals surface area (Å²) in [5, 5.41) is 0. The molecule has 0 atom stereocenters. The maximum atomic E-state index is 13.4.